The molecule has 0 atom stereocenters. The Bertz CT molecular complexity index is 370. The molecular formula is C13H16O4. The Kier molecular flexibility index (Phi) is 5.82. The molecule has 1 aromatic rings. The van der Waals surface area contributed by atoms with Gasteiger partial charge in [0.05, 0.1) is 13.2 Å². The SMILES string of the molecule is C/C(=C/C(=O)O)COCCOc1ccccc1. The second-order valence-electron chi connectivity index (χ2n) is 3.54. The van der Waals surface area contributed by atoms with Crippen LogP contribution in [-0.4, -0.2) is 30.9 Å². The normalized spacial score (nSPS) is 11.2. The molecule has 0 aromatic heterocycles. The highest BCUT2D eigenvalue weighted by molar-refractivity contribution is 5.80. The topological polar surface area (TPSA) is 55.8 Å². The molecule has 17 heavy (non-hydrogen) atoms. The lowest BCUT2D eigenvalue weighted by atomic mass is 10.3. The van der Waals surface area contributed by atoms with Gasteiger partial charge in [-0.05, 0) is 24.6 Å². The van der Waals surface area contributed by atoms with Crippen molar-refractivity contribution in [2.75, 3.05) is 19.8 Å². The minimum atomic E-state index is -0.952. The number of carbonyl (C=O) groups is 1. The summed E-state index contributed by atoms with van der Waals surface area (Å²) in [4.78, 5) is 10.3. The first-order valence-electron chi connectivity index (χ1n) is 5.34. The van der Waals surface area contributed by atoms with Crippen molar-refractivity contribution in [3.05, 3.63) is 42.0 Å². The van der Waals surface area contributed by atoms with Crippen LogP contribution in [0.3, 0.4) is 0 Å². The largest absolute Gasteiger partial charge is 0.491 e. The number of aliphatic carboxylic acids is 1. The zero-order valence-corrected chi connectivity index (χ0v) is 9.76. The summed E-state index contributed by atoms with van der Waals surface area (Å²) in [7, 11) is 0. The van der Waals surface area contributed by atoms with Crippen LogP contribution in [0.15, 0.2) is 42.0 Å². The van der Waals surface area contributed by atoms with Crippen molar-refractivity contribution in [1.29, 1.82) is 0 Å². The zero-order valence-electron chi connectivity index (χ0n) is 9.76. The number of benzene rings is 1. The maximum Gasteiger partial charge on any atom is 0.328 e. The molecule has 0 amide bonds. The van der Waals surface area contributed by atoms with Crippen molar-refractivity contribution in [2.45, 2.75) is 6.92 Å². The second-order valence-corrected chi connectivity index (χ2v) is 3.54. The lowest BCUT2D eigenvalue weighted by Crippen LogP contribution is -2.08. The van der Waals surface area contributed by atoms with E-state index in [1.165, 1.54) is 0 Å². The number of para-hydroxylation sites is 1. The summed E-state index contributed by atoms with van der Waals surface area (Å²) in [6.07, 6.45) is 1.14. The van der Waals surface area contributed by atoms with Crippen LogP contribution in [0.5, 0.6) is 5.75 Å². The highest BCUT2D eigenvalue weighted by Gasteiger charge is 1.96. The fourth-order valence-electron chi connectivity index (χ4n) is 1.22. The molecule has 0 unspecified atom stereocenters. The molecule has 1 rings (SSSR count). The van der Waals surface area contributed by atoms with Gasteiger partial charge in [-0.3, -0.25) is 0 Å². The van der Waals surface area contributed by atoms with E-state index in [0.29, 0.717) is 25.4 Å². The van der Waals surface area contributed by atoms with Gasteiger partial charge in [0.2, 0.25) is 0 Å². The van der Waals surface area contributed by atoms with E-state index in [1.54, 1.807) is 6.92 Å². The van der Waals surface area contributed by atoms with E-state index in [-0.39, 0.29) is 0 Å². The number of hydrogen-bond acceptors (Lipinski definition) is 3. The zero-order chi connectivity index (χ0) is 12.5. The quantitative estimate of drug-likeness (QED) is 0.582. The molecule has 0 saturated heterocycles. The summed E-state index contributed by atoms with van der Waals surface area (Å²) in [6.45, 7) is 2.90. The lowest BCUT2D eigenvalue weighted by molar-refractivity contribution is -0.131. The van der Waals surface area contributed by atoms with Gasteiger partial charge in [0.25, 0.3) is 0 Å². The van der Waals surface area contributed by atoms with E-state index < -0.39 is 5.97 Å². The number of hydrogen-bond donors (Lipinski definition) is 1. The van der Waals surface area contributed by atoms with Gasteiger partial charge in [0.15, 0.2) is 0 Å². The highest BCUT2D eigenvalue weighted by Crippen LogP contribution is 2.07. The molecular weight excluding hydrogens is 220 g/mol. The van der Waals surface area contributed by atoms with Crippen molar-refractivity contribution in [3.63, 3.8) is 0 Å². The molecule has 0 spiro atoms. The van der Waals surface area contributed by atoms with Gasteiger partial charge >= 0.3 is 5.97 Å². The molecule has 0 radical (unpaired) electrons. The van der Waals surface area contributed by atoms with Crippen LogP contribution in [0.2, 0.25) is 0 Å². The van der Waals surface area contributed by atoms with Crippen LogP contribution >= 0.6 is 0 Å². The number of rotatable bonds is 7. The standard InChI is InChI=1S/C13H16O4/c1-11(9-13(14)15)10-16-7-8-17-12-5-3-2-4-6-12/h2-6,9H,7-8,10H2,1H3,(H,14,15)/b11-9-. The molecule has 1 N–H and O–H groups in total. The van der Waals surface area contributed by atoms with Crippen LogP contribution < -0.4 is 4.74 Å². The first-order chi connectivity index (χ1) is 8.18. The van der Waals surface area contributed by atoms with Gasteiger partial charge in [-0.1, -0.05) is 18.2 Å². The molecule has 0 aliphatic heterocycles. The fraction of sp³-hybridized carbons (Fsp3) is 0.308. The fourth-order valence-corrected chi connectivity index (χ4v) is 1.22. The van der Waals surface area contributed by atoms with Gasteiger partial charge in [0, 0.05) is 6.08 Å². The summed E-state index contributed by atoms with van der Waals surface area (Å²) >= 11 is 0. The van der Waals surface area contributed by atoms with Gasteiger partial charge in [0.1, 0.15) is 12.4 Å². The summed E-state index contributed by atoms with van der Waals surface area (Å²) in [5.41, 5.74) is 0.678. The van der Waals surface area contributed by atoms with E-state index in [2.05, 4.69) is 0 Å². The van der Waals surface area contributed by atoms with Crippen molar-refractivity contribution >= 4 is 5.97 Å². The minimum Gasteiger partial charge on any atom is -0.491 e. The maximum atomic E-state index is 10.3. The molecule has 92 valence electrons. The molecule has 0 saturated carbocycles. The van der Waals surface area contributed by atoms with E-state index in [4.69, 9.17) is 14.6 Å². The van der Waals surface area contributed by atoms with Crippen molar-refractivity contribution in [2.24, 2.45) is 0 Å². The molecule has 0 bridgehead atoms. The minimum absolute atomic E-state index is 0.310. The van der Waals surface area contributed by atoms with Crippen LogP contribution in [0.25, 0.3) is 0 Å². The first kappa shape index (κ1) is 13.3. The number of carboxylic acids is 1. The predicted molar refractivity (Wildman–Crippen MR) is 64.1 cm³/mol. The average molecular weight is 236 g/mol. The average Bonchev–Trinajstić information content (AvgIpc) is 2.29. The summed E-state index contributed by atoms with van der Waals surface area (Å²) in [5, 5.41) is 8.48. The van der Waals surface area contributed by atoms with Crippen molar-refractivity contribution < 1.29 is 19.4 Å². The second kappa shape index (κ2) is 7.46. The Balaban J connectivity index is 2.11. The summed E-state index contributed by atoms with van der Waals surface area (Å²) < 4.78 is 10.7. The van der Waals surface area contributed by atoms with Crippen molar-refractivity contribution in [3.8, 4) is 5.75 Å². The third kappa shape index (κ3) is 6.37. The van der Waals surface area contributed by atoms with Gasteiger partial charge < -0.3 is 14.6 Å². The van der Waals surface area contributed by atoms with Gasteiger partial charge in [-0.15, -0.1) is 0 Å². The number of ether oxygens (including phenoxy) is 2. The van der Waals surface area contributed by atoms with Crippen LogP contribution in [-0.2, 0) is 9.53 Å². The first-order valence-corrected chi connectivity index (χ1v) is 5.34. The van der Waals surface area contributed by atoms with Crippen LogP contribution in [0, 0.1) is 0 Å². The molecule has 0 aliphatic rings. The predicted octanol–water partition coefficient (Wildman–Crippen LogP) is 2.11. The molecule has 4 heteroatoms. The molecule has 0 fully saturated rings. The lowest BCUT2D eigenvalue weighted by Gasteiger charge is -2.06. The Morgan fingerprint density at radius 1 is 1.29 bits per heavy atom. The van der Waals surface area contributed by atoms with E-state index in [0.717, 1.165) is 11.8 Å². The molecule has 1 aromatic carbocycles. The Labute approximate surface area is 100 Å². The highest BCUT2D eigenvalue weighted by atomic mass is 16.5. The van der Waals surface area contributed by atoms with E-state index in [9.17, 15) is 4.79 Å². The van der Waals surface area contributed by atoms with Gasteiger partial charge in [-0.2, -0.15) is 0 Å². The molecule has 4 nitrogen and oxygen atoms in total. The van der Waals surface area contributed by atoms with Crippen LogP contribution in [0.1, 0.15) is 6.92 Å². The van der Waals surface area contributed by atoms with Gasteiger partial charge in [-0.25, -0.2) is 4.79 Å². The Morgan fingerprint density at radius 2 is 2.00 bits per heavy atom. The van der Waals surface area contributed by atoms with Crippen molar-refractivity contribution in [1.82, 2.24) is 0 Å². The van der Waals surface area contributed by atoms with Crippen LogP contribution in [0.4, 0.5) is 0 Å². The molecule has 0 heterocycles. The number of carboxylic acid groups (broad SMARTS) is 1. The molecule has 0 aliphatic carbocycles. The Hall–Kier alpha value is -1.81. The summed E-state index contributed by atoms with van der Waals surface area (Å²) in [6, 6.07) is 9.46. The summed E-state index contributed by atoms with van der Waals surface area (Å²) in [5.74, 6) is -0.152. The smallest absolute Gasteiger partial charge is 0.328 e. The van der Waals surface area contributed by atoms with E-state index in [1.807, 2.05) is 30.3 Å². The van der Waals surface area contributed by atoms with E-state index >= 15 is 0 Å². The maximum absolute atomic E-state index is 10.3. The third-order valence-electron chi connectivity index (χ3n) is 1.94. The third-order valence-corrected chi connectivity index (χ3v) is 1.94. The Morgan fingerprint density at radius 3 is 2.65 bits per heavy atom. The monoisotopic (exact) mass is 236 g/mol.